The minimum atomic E-state index is -0.414. The van der Waals surface area contributed by atoms with E-state index in [1.807, 2.05) is 27.7 Å². The summed E-state index contributed by atoms with van der Waals surface area (Å²) in [5, 5.41) is 2.77. The summed E-state index contributed by atoms with van der Waals surface area (Å²) in [5.74, 6) is -0.0321. The summed E-state index contributed by atoms with van der Waals surface area (Å²) in [6, 6.07) is 0. The van der Waals surface area contributed by atoms with Gasteiger partial charge in [-0.05, 0) is 27.7 Å². The highest BCUT2D eigenvalue weighted by atomic mass is 16.5. The number of hydrogen-bond donors (Lipinski definition) is 2. The first-order valence-corrected chi connectivity index (χ1v) is 4.77. The lowest BCUT2D eigenvalue weighted by molar-refractivity contribution is -0.126. The van der Waals surface area contributed by atoms with Crippen molar-refractivity contribution in [3.8, 4) is 0 Å². The van der Waals surface area contributed by atoms with Gasteiger partial charge in [0.15, 0.2) is 0 Å². The second-order valence-corrected chi connectivity index (χ2v) is 4.91. The smallest absolute Gasteiger partial charge is 0.222 e. The number of amides is 1. The first-order chi connectivity index (χ1) is 6.16. The maximum absolute atomic E-state index is 11.4. The molecule has 0 aromatic heterocycles. The molecule has 0 aromatic rings. The molecule has 0 unspecified atom stereocenters. The van der Waals surface area contributed by atoms with Crippen LogP contribution in [0.3, 0.4) is 0 Å². The van der Waals surface area contributed by atoms with Crippen LogP contribution in [0.5, 0.6) is 0 Å². The molecule has 14 heavy (non-hydrogen) atoms. The molecule has 0 radical (unpaired) electrons. The van der Waals surface area contributed by atoms with Crippen molar-refractivity contribution in [2.75, 3.05) is 13.7 Å². The van der Waals surface area contributed by atoms with Gasteiger partial charge in [-0.15, -0.1) is 0 Å². The average Bonchev–Trinajstić information content (AvgIpc) is 1.99. The molecule has 0 aliphatic heterocycles. The van der Waals surface area contributed by atoms with Crippen LogP contribution in [0.2, 0.25) is 0 Å². The Labute approximate surface area is 86.2 Å². The Kier molecular flexibility index (Phi) is 4.55. The van der Waals surface area contributed by atoms with Gasteiger partial charge in [0.1, 0.15) is 0 Å². The molecule has 0 aliphatic carbocycles. The van der Waals surface area contributed by atoms with E-state index in [0.717, 1.165) is 0 Å². The zero-order chi connectivity index (χ0) is 11.4. The normalized spacial score (nSPS) is 12.7. The molecule has 0 saturated carbocycles. The third kappa shape index (κ3) is 6.86. The molecular formula is C10H22N2O2. The molecule has 1 amide bonds. The zero-order valence-corrected chi connectivity index (χ0v) is 9.81. The van der Waals surface area contributed by atoms with Crippen LogP contribution < -0.4 is 11.1 Å². The highest BCUT2D eigenvalue weighted by molar-refractivity contribution is 5.77. The average molecular weight is 202 g/mol. The minimum absolute atomic E-state index is 0.0321. The van der Waals surface area contributed by atoms with Crippen LogP contribution >= 0.6 is 0 Å². The SMILES string of the molecule is COC(C)(C)CC(=O)NCC(C)(C)N. The summed E-state index contributed by atoms with van der Waals surface area (Å²) in [4.78, 5) is 11.4. The first-order valence-electron chi connectivity index (χ1n) is 4.77. The van der Waals surface area contributed by atoms with E-state index in [4.69, 9.17) is 10.5 Å². The standard InChI is InChI=1S/C10H22N2O2/c1-9(2,11)7-12-8(13)6-10(3,4)14-5/h6-7,11H2,1-5H3,(H,12,13). The summed E-state index contributed by atoms with van der Waals surface area (Å²) < 4.78 is 5.15. The fraction of sp³-hybridized carbons (Fsp3) is 0.900. The van der Waals surface area contributed by atoms with E-state index < -0.39 is 5.60 Å². The van der Waals surface area contributed by atoms with E-state index in [0.29, 0.717) is 13.0 Å². The van der Waals surface area contributed by atoms with E-state index in [-0.39, 0.29) is 11.4 Å². The molecule has 4 heteroatoms. The van der Waals surface area contributed by atoms with E-state index in [1.165, 1.54) is 0 Å². The second kappa shape index (κ2) is 4.75. The lowest BCUT2D eigenvalue weighted by Gasteiger charge is -2.24. The van der Waals surface area contributed by atoms with Crippen molar-refractivity contribution in [1.29, 1.82) is 0 Å². The summed E-state index contributed by atoms with van der Waals surface area (Å²) in [7, 11) is 1.60. The van der Waals surface area contributed by atoms with Crippen LogP contribution in [0, 0.1) is 0 Å². The molecule has 3 N–H and O–H groups in total. The van der Waals surface area contributed by atoms with Gasteiger partial charge in [-0.1, -0.05) is 0 Å². The number of methoxy groups -OCH3 is 1. The topological polar surface area (TPSA) is 64.3 Å². The second-order valence-electron chi connectivity index (χ2n) is 4.91. The molecule has 0 atom stereocenters. The summed E-state index contributed by atoms with van der Waals surface area (Å²) >= 11 is 0. The molecule has 0 fully saturated rings. The quantitative estimate of drug-likeness (QED) is 0.688. The predicted molar refractivity (Wildman–Crippen MR) is 57.0 cm³/mol. The number of hydrogen-bond acceptors (Lipinski definition) is 3. The molecule has 0 spiro atoms. The molecule has 0 saturated heterocycles. The largest absolute Gasteiger partial charge is 0.378 e. The van der Waals surface area contributed by atoms with E-state index in [9.17, 15) is 4.79 Å². The van der Waals surface area contributed by atoms with Crippen molar-refractivity contribution in [2.45, 2.75) is 45.3 Å². The van der Waals surface area contributed by atoms with Gasteiger partial charge in [-0.3, -0.25) is 4.79 Å². The number of ether oxygens (including phenoxy) is 1. The van der Waals surface area contributed by atoms with Gasteiger partial charge >= 0.3 is 0 Å². The summed E-state index contributed by atoms with van der Waals surface area (Å²) in [6.45, 7) is 7.97. The van der Waals surface area contributed by atoms with Crippen LogP contribution in [0.25, 0.3) is 0 Å². The lowest BCUT2D eigenvalue weighted by atomic mass is 10.0. The van der Waals surface area contributed by atoms with Crippen LogP contribution in [0.15, 0.2) is 0 Å². The van der Waals surface area contributed by atoms with E-state index in [1.54, 1.807) is 7.11 Å². The van der Waals surface area contributed by atoms with Crippen molar-refractivity contribution < 1.29 is 9.53 Å². The number of rotatable bonds is 5. The molecule has 84 valence electrons. The van der Waals surface area contributed by atoms with E-state index in [2.05, 4.69) is 5.32 Å². The third-order valence-corrected chi connectivity index (χ3v) is 1.88. The molecule has 0 aliphatic rings. The lowest BCUT2D eigenvalue weighted by Crippen LogP contribution is -2.46. The van der Waals surface area contributed by atoms with Gasteiger partial charge in [0, 0.05) is 19.2 Å². The van der Waals surface area contributed by atoms with Gasteiger partial charge in [0.2, 0.25) is 5.91 Å². The maximum Gasteiger partial charge on any atom is 0.222 e. The van der Waals surface area contributed by atoms with Crippen LogP contribution in [-0.4, -0.2) is 30.7 Å². The summed E-state index contributed by atoms with van der Waals surface area (Å²) in [6.07, 6.45) is 0.347. The predicted octanol–water partition coefficient (Wildman–Crippen LogP) is 0.655. The van der Waals surface area contributed by atoms with Gasteiger partial charge in [0.25, 0.3) is 0 Å². The number of carbonyl (C=O) groups excluding carboxylic acids is 1. The first kappa shape index (κ1) is 13.4. The Morgan fingerprint density at radius 2 is 1.86 bits per heavy atom. The highest BCUT2D eigenvalue weighted by Gasteiger charge is 2.21. The molecular weight excluding hydrogens is 180 g/mol. The highest BCUT2D eigenvalue weighted by Crippen LogP contribution is 2.12. The van der Waals surface area contributed by atoms with Crippen LogP contribution in [-0.2, 0) is 9.53 Å². The molecule has 4 nitrogen and oxygen atoms in total. The Morgan fingerprint density at radius 3 is 2.21 bits per heavy atom. The fourth-order valence-electron chi connectivity index (χ4n) is 0.848. The van der Waals surface area contributed by atoms with Crippen molar-refractivity contribution in [3.63, 3.8) is 0 Å². The third-order valence-electron chi connectivity index (χ3n) is 1.88. The Morgan fingerprint density at radius 1 is 1.36 bits per heavy atom. The maximum atomic E-state index is 11.4. The Hall–Kier alpha value is -0.610. The number of nitrogens with two attached hydrogens (primary N) is 1. The van der Waals surface area contributed by atoms with Crippen molar-refractivity contribution in [1.82, 2.24) is 5.32 Å². The van der Waals surface area contributed by atoms with Crippen molar-refractivity contribution in [3.05, 3.63) is 0 Å². The van der Waals surface area contributed by atoms with Crippen molar-refractivity contribution in [2.24, 2.45) is 5.73 Å². The molecule has 0 aromatic carbocycles. The van der Waals surface area contributed by atoms with Crippen LogP contribution in [0.4, 0.5) is 0 Å². The number of nitrogens with one attached hydrogen (secondary N) is 1. The van der Waals surface area contributed by atoms with Crippen LogP contribution in [0.1, 0.15) is 34.1 Å². The monoisotopic (exact) mass is 202 g/mol. The molecule has 0 rings (SSSR count). The molecule has 0 heterocycles. The fourth-order valence-corrected chi connectivity index (χ4v) is 0.848. The van der Waals surface area contributed by atoms with Gasteiger partial charge in [-0.25, -0.2) is 0 Å². The Balaban J connectivity index is 3.89. The van der Waals surface area contributed by atoms with E-state index >= 15 is 0 Å². The van der Waals surface area contributed by atoms with Gasteiger partial charge in [-0.2, -0.15) is 0 Å². The van der Waals surface area contributed by atoms with Crippen molar-refractivity contribution >= 4 is 5.91 Å². The Bertz CT molecular complexity index is 195. The van der Waals surface area contributed by atoms with Gasteiger partial charge in [0.05, 0.1) is 12.0 Å². The summed E-state index contributed by atoms with van der Waals surface area (Å²) in [5.41, 5.74) is 4.95. The number of carbonyl (C=O) groups is 1. The minimum Gasteiger partial charge on any atom is -0.378 e. The van der Waals surface area contributed by atoms with Gasteiger partial charge < -0.3 is 15.8 Å². The zero-order valence-electron chi connectivity index (χ0n) is 9.81. The molecule has 0 bridgehead atoms.